The summed E-state index contributed by atoms with van der Waals surface area (Å²) in [6.45, 7) is 6.42. The lowest BCUT2D eigenvalue weighted by atomic mass is 10.1. The number of hydrogen-bond acceptors (Lipinski definition) is 6. The van der Waals surface area contributed by atoms with Gasteiger partial charge in [-0.3, -0.25) is 14.4 Å². The Morgan fingerprint density at radius 3 is 0.827 bits per heavy atom. The van der Waals surface area contributed by atoms with E-state index in [9.17, 15) is 14.4 Å². The average Bonchev–Trinajstić information content (AvgIpc) is 3.41. The normalized spacial score (nSPS) is 12.7. The molecule has 0 aliphatic rings. The van der Waals surface area contributed by atoms with Crippen LogP contribution in [0.4, 0.5) is 0 Å². The van der Waals surface area contributed by atoms with E-state index in [0.29, 0.717) is 19.3 Å². The quantitative estimate of drug-likeness (QED) is 0.0261. The van der Waals surface area contributed by atoms with E-state index in [0.717, 1.165) is 122 Å². The summed E-state index contributed by atoms with van der Waals surface area (Å²) >= 11 is 0. The minimum absolute atomic E-state index is 0.0873. The van der Waals surface area contributed by atoms with Gasteiger partial charge in [0.15, 0.2) is 6.10 Å². The fraction of sp³-hybridized carbons (Fsp3) is 0.725. The minimum atomic E-state index is -0.793. The van der Waals surface area contributed by atoms with E-state index in [-0.39, 0.29) is 31.1 Å². The van der Waals surface area contributed by atoms with Gasteiger partial charge in [0.1, 0.15) is 13.2 Å². The van der Waals surface area contributed by atoms with Crippen LogP contribution in [-0.2, 0) is 28.6 Å². The Kier molecular flexibility index (Phi) is 59.8. The summed E-state index contributed by atoms with van der Waals surface area (Å²) in [6, 6.07) is 0. The summed E-state index contributed by atoms with van der Waals surface area (Å²) in [6.07, 6.45) is 84.0. The Bertz CT molecular complexity index is 1480. The number of hydrogen-bond donors (Lipinski definition) is 0. The number of esters is 3. The van der Waals surface area contributed by atoms with E-state index in [2.05, 4.69) is 118 Å². The van der Waals surface area contributed by atoms with Crippen LogP contribution in [0.25, 0.3) is 0 Å². The molecule has 430 valence electrons. The minimum Gasteiger partial charge on any atom is -0.462 e. The zero-order chi connectivity index (χ0) is 54.3. The van der Waals surface area contributed by atoms with Crippen molar-refractivity contribution >= 4 is 17.9 Å². The Labute approximate surface area is 464 Å². The van der Waals surface area contributed by atoms with Gasteiger partial charge in [-0.2, -0.15) is 0 Å². The molecule has 0 aliphatic carbocycles. The maximum Gasteiger partial charge on any atom is 0.306 e. The van der Waals surface area contributed by atoms with E-state index in [1.165, 1.54) is 141 Å². The van der Waals surface area contributed by atoms with Gasteiger partial charge >= 0.3 is 17.9 Å². The molecule has 0 saturated carbocycles. The van der Waals surface area contributed by atoms with Gasteiger partial charge < -0.3 is 14.2 Å². The van der Waals surface area contributed by atoms with Gasteiger partial charge in [0.2, 0.25) is 0 Å². The molecule has 0 aromatic heterocycles. The molecule has 0 N–H and O–H groups in total. The molecule has 0 amide bonds. The van der Waals surface area contributed by atoms with Crippen molar-refractivity contribution in [1.82, 2.24) is 0 Å². The lowest BCUT2D eigenvalue weighted by molar-refractivity contribution is -0.167. The lowest BCUT2D eigenvalue weighted by Gasteiger charge is -2.18. The Morgan fingerprint density at radius 1 is 0.280 bits per heavy atom. The molecular formula is C69H118O6. The van der Waals surface area contributed by atoms with Crippen molar-refractivity contribution in [3.05, 3.63) is 97.2 Å². The van der Waals surface area contributed by atoms with Gasteiger partial charge in [0.25, 0.3) is 0 Å². The highest BCUT2D eigenvalue weighted by atomic mass is 16.6. The molecule has 0 aliphatic heterocycles. The van der Waals surface area contributed by atoms with Crippen LogP contribution in [-0.4, -0.2) is 37.2 Å². The highest BCUT2D eigenvalue weighted by Gasteiger charge is 2.19. The molecule has 0 aromatic carbocycles. The third-order valence-electron chi connectivity index (χ3n) is 13.6. The molecule has 1 atom stereocenters. The van der Waals surface area contributed by atoms with Crippen molar-refractivity contribution in [2.24, 2.45) is 0 Å². The van der Waals surface area contributed by atoms with Crippen molar-refractivity contribution in [3.63, 3.8) is 0 Å². The molecule has 1 unspecified atom stereocenters. The molecule has 75 heavy (non-hydrogen) atoms. The molecule has 0 spiro atoms. The first kappa shape index (κ1) is 71.3. The predicted octanol–water partition coefficient (Wildman–Crippen LogP) is 21.7. The Hall–Kier alpha value is -3.67. The zero-order valence-corrected chi connectivity index (χ0v) is 49.3. The highest BCUT2D eigenvalue weighted by Crippen LogP contribution is 2.16. The number of unbranched alkanes of at least 4 members (excludes halogenated alkanes) is 30. The predicted molar refractivity (Wildman–Crippen MR) is 325 cm³/mol. The van der Waals surface area contributed by atoms with Crippen LogP contribution in [0.5, 0.6) is 0 Å². The summed E-state index contributed by atoms with van der Waals surface area (Å²) in [5, 5.41) is 0. The van der Waals surface area contributed by atoms with Crippen LogP contribution < -0.4 is 0 Å². The second-order valence-corrected chi connectivity index (χ2v) is 20.9. The van der Waals surface area contributed by atoms with E-state index in [1.54, 1.807) is 0 Å². The number of carbonyl (C=O) groups is 3. The summed E-state index contributed by atoms with van der Waals surface area (Å²) in [5.74, 6) is -0.904. The van der Waals surface area contributed by atoms with E-state index < -0.39 is 6.10 Å². The molecule has 0 saturated heterocycles. The second kappa shape index (κ2) is 62.9. The Morgan fingerprint density at radius 2 is 0.520 bits per heavy atom. The topological polar surface area (TPSA) is 78.9 Å². The zero-order valence-electron chi connectivity index (χ0n) is 49.3. The fourth-order valence-corrected chi connectivity index (χ4v) is 8.86. The molecular weight excluding hydrogens is 925 g/mol. The number of allylic oxidation sites excluding steroid dienone is 16. The van der Waals surface area contributed by atoms with Gasteiger partial charge in [-0.1, -0.05) is 266 Å². The van der Waals surface area contributed by atoms with Gasteiger partial charge in [-0.05, 0) is 116 Å². The van der Waals surface area contributed by atoms with Crippen LogP contribution in [0.3, 0.4) is 0 Å². The number of carbonyl (C=O) groups excluding carboxylic acids is 3. The molecule has 0 radical (unpaired) electrons. The van der Waals surface area contributed by atoms with Gasteiger partial charge in [-0.15, -0.1) is 0 Å². The van der Waals surface area contributed by atoms with Crippen molar-refractivity contribution in [1.29, 1.82) is 0 Å². The largest absolute Gasteiger partial charge is 0.462 e. The standard InChI is InChI=1S/C69H118O6/c1-4-7-10-13-16-19-22-25-28-31-33-34-36-38-41-44-47-50-53-56-59-62-68(71)74-65-66(64-73-67(70)61-58-55-52-49-46-43-40-37-30-27-24-21-18-15-12-9-6-3)75-69(72)63-60-57-54-51-48-45-42-39-35-32-29-26-23-20-17-14-11-8-5-2/h8-9,11-12,17-18,20-21,26-27,29-31,33,35,39,66H,4-7,10,13-16,19,22-25,28,32,34,36-38,40-65H2,1-3H3/b11-8-,12-9-,20-17-,21-18-,29-26-,30-27-,33-31-,39-35-. The second-order valence-electron chi connectivity index (χ2n) is 20.9. The lowest BCUT2D eigenvalue weighted by Crippen LogP contribution is -2.30. The first-order chi connectivity index (χ1) is 37.0. The monoisotopic (exact) mass is 1040 g/mol. The van der Waals surface area contributed by atoms with Crippen molar-refractivity contribution in [2.45, 2.75) is 309 Å². The van der Waals surface area contributed by atoms with Gasteiger partial charge in [0.05, 0.1) is 0 Å². The average molecular weight is 1040 g/mol. The summed E-state index contributed by atoms with van der Waals surface area (Å²) in [4.78, 5) is 38.3. The van der Waals surface area contributed by atoms with E-state index in [4.69, 9.17) is 14.2 Å². The smallest absolute Gasteiger partial charge is 0.306 e. The van der Waals surface area contributed by atoms with Crippen LogP contribution in [0.15, 0.2) is 97.2 Å². The molecule has 0 heterocycles. The third kappa shape index (κ3) is 61.1. The molecule has 0 rings (SSSR count). The third-order valence-corrected chi connectivity index (χ3v) is 13.6. The molecule has 0 bridgehead atoms. The number of rotatable bonds is 57. The van der Waals surface area contributed by atoms with Crippen LogP contribution in [0.2, 0.25) is 0 Å². The van der Waals surface area contributed by atoms with E-state index >= 15 is 0 Å². The summed E-state index contributed by atoms with van der Waals surface area (Å²) in [5.41, 5.74) is 0. The Balaban J connectivity index is 4.41. The van der Waals surface area contributed by atoms with Crippen molar-refractivity contribution < 1.29 is 28.6 Å². The molecule has 6 nitrogen and oxygen atoms in total. The molecule has 0 fully saturated rings. The van der Waals surface area contributed by atoms with Crippen LogP contribution in [0.1, 0.15) is 303 Å². The van der Waals surface area contributed by atoms with E-state index in [1.807, 2.05) is 0 Å². The molecule has 0 aromatic rings. The molecule has 6 heteroatoms. The number of ether oxygens (including phenoxy) is 3. The fourth-order valence-electron chi connectivity index (χ4n) is 8.86. The first-order valence-electron chi connectivity index (χ1n) is 31.7. The van der Waals surface area contributed by atoms with Crippen molar-refractivity contribution in [3.8, 4) is 0 Å². The van der Waals surface area contributed by atoms with Gasteiger partial charge in [0, 0.05) is 19.3 Å². The highest BCUT2D eigenvalue weighted by molar-refractivity contribution is 5.71. The summed E-state index contributed by atoms with van der Waals surface area (Å²) in [7, 11) is 0. The maximum absolute atomic E-state index is 12.9. The maximum atomic E-state index is 12.9. The first-order valence-corrected chi connectivity index (χ1v) is 31.7. The van der Waals surface area contributed by atoms with Crippen LogP contribution in [0, 0.1) is 0 Å². The van der Waals surface area contributed by atoms with Crippen LogP contribution >= 0.6 is 0 Å². The van der Waals surface area contributed by atoms with Crippen molar-refractivity contribution in [2.75, 3.05) is 13.2 Å². The SMILES string of the molecule is CC/C=C\C/C=C\C/C=C\C/C=C\CCCCCCCCC(=O)OC(COC(=O)CCCCCCCCC/C=C\C/C=C\C/C=C\CC)COC(=O)CCCCCCCCCCC/C=C\CCCCCCCCCC. The van der Waals surface area contributed by atoms with Gasteiger partial charge in [-0.25, -0.2) is 0 Å². The summed E-state index contributed by atoms with van der Waals surface area (Å²) < 4.78 is 16.9.